The van der Waals surface area contributed by atoms with Gasteiger partial charge >= 0.3 is 5.97 Å². The van der Waals surface area contributed by atoms with Crippen LogP contribution in [0.2, 0.25) is 0 Å². The predicted molar refractivity (Wildman–Crippen MR) is 58.8 cm³/mol. The smallest absolute Gasteiger partial charge is 0.303 e. The highest BCUT2D eigenvalue weighted by molar-refractivity contribution is 5.66. The molecule has 0 saturated heterocycles. The lowest BCUT2D eigenvalue weighted by Crippen LogP contribution is -1.99. The van der Waals surface area contributed by atoms with Crippen LogP contribution in [-0.4, -0.2) is 16.1 Å². The van der Waals surface area contributed by atoms with Crippen molar-refractivity contribution in [2.45, 2.75) is 39.0 Å². The number of carboxylic acid groups (broad SMARTS) is 1. The molecule has 15 heavy (non-hydrogen) atoms. The Bertz CT molecular complexity index is 306. The van der Waals surface area contributed by atoms with Crippen LogP contribution in [0.4, 0.5) is 0 Å². The highest BCUT2D eigenvalue weighted by atomic mass is 16.4. The van der Waals surface area contributed by atoms with E-state index in [-0.39, 0.29) is 6.42 Å². The van der Waals surface area contributed by atoms with Crippen LogP contribution in [0.1, 0.15) is 37.4 Å². The van der Waals surface area contributed by atoms with Gasteiger partial charge in [0.1, 0.15) is 0 Å². The minimum atomic E-state index is -0.771. The summed E-state index contributed by atoms with van der Waals surface area (Å²) in [6.45, 7) is 2.16. The van der Waals surface area contributed by atoms with Crippen LogP contribution in [-0.2, 0) is 17.6 Å². The monoisotopic (exact) mass is 207 g/mol. The van der Waals surface area contributed by atoms with E-state index in [4.69, 9.17) is 5.11 Å². The number of hydrogen-bond donors (Lipinski definition) is 1. The third kappa shape index (κ3) is 4.58. The van der Waals surface area contributed by atoms with E-state index in [0.29, 0.717) is 6.42 Å². The third-order valence-corrected chi connectivity index (χ3v) is 2.30. The summed E-state index contributed by atoms with van der Waals surface area (Å²) >= 11 is 0. The lowest BCUT2D eigenvalue weighted by atomic mass is 10.1. The van der Waals surface area contributed by atoms with Crippen molar-refractivity contribution in [2.24, 2.45) is 0 Å². The van der Waals surface area contributed by atoms with E-state index in [2.05, 4.69) is 11.9 Å². The van der Waals surface area contributed by atoms with Crippen molar-refractivity contribution in [2.75, 3.05) is 0 Å². The molecule has 1 rings (SSSR count). The Morgan fingerprint density at radius 3 is 2.73 bits per heavy atom. The molecule has 82 valence electrons. The first-order valence-corrected chi connectivity index (χ1v) is 5.38. The van der Waals surface area contributed by atoms with Crippen LogP contribution in [0.5, 0.6) is 0 Å². The van der Waals surface area contributed by atoms with Gasteiger partial charge in [-0.1, -0.05) is 19.4 Å². The summed E-state index contributed by atoms with van der Waals surface area (Å²) in [4.78, 5) is 14.6. The fraction of sp³-hybridized carbons (Fsp3) is 0.500. The van der Waals surface area contributed by atoms with Gasteiger partial charge in [0.2, 0.25) is 0 Å². The fourth-order valence-corrected chi connectivity index (χ4v) is 1.37. The number of rotatable bonds is 6. The summed E-state index contributed by atoms with van der Waals surface area (Å²) in [6, 6.07) is 3.97. The molecule has 0 aliphatic carbocycles. The highest BCUT2D eigenvalue weighted by Gasteiger charge is 2.00. The molecule has 3 nitrogen and oxygen atoms in total. The molecule has 0 fully saturated rings. The van der Waals surface area contributed by atoms with Crippen molar-refractivity contribution in [3.05, 3.63) is 29.6 Å². The molecule has 0 radical (unpaired) electrons. The summed E-state index contributed by atoms with van der Waals surface area (Å²) in [7, 11) is 0. The van der Waals surface area contributed by atoms with Crippen LogP contribution in [0.15, 0.2) is 18.3 Å². The SMILES string of the molecule is CCCCc1ccc(CCC(=O)O)nc1. The van der Waals surface area contributed by atoms with E-state index in [9.17, 15) is 4.79 Å². The Balaban J connectivity index is 2.45. The molecule has 0 aliphatic rings. The van der Waals surface area contributed by atoms with Crippen molar-refractivity contribution in [3.8, 4) is 0 Å². The topological polar surface area (TPSA) is 50.2 Å². The van der Waals surface area contributed by atoms with Gasteiger partial charge in [-0.3, -0.25) is 9.78 Å². The van der Waals surface area contributed by atoms with Crippen LogP contribution >= 0.6 is 0 Å². The third-order valence-electron chi connectivity index (χ3n) is 2.30. The summed E-state index contributed by atoms with van der Waals surface area (Å²) < 4.78 is 0. The Morgan fingerprint density at radius 2 is 2.20 bits per heavy atom. The van der Waals surface area contributed by atoms with Crippen molar-refractivity contribution in [1.29, 1.82) is 0 Å². The normalized spacial score (nSPS) is 10.2. The lowest BCUT2D eigenvalue weighted by Gasteiger charge is -2.01. The average molecular weight is 207 g/mol. The summed E-state index contributed by atoms with van der Waals surface area (Å²) in [6.07, 6.45) is 5.94. The molecule has 0 atom stereocenters. The maximum atomic E-state index is 10.4. The number of hydrogen-bond acceptors (Lipinski definition) is 2. The molecule has 0 aromatic carbocycles. The molecule has 1 heterocycles. The highest BCUT2D eigenvalue weighted by Crippen LogP contribution is 2.06. The van der Waals surface area contributed by atoms with E-state index in [0.717, 1.165) is 12.1 Å². The Labute approximate surface area is 90.2 Å². The first-order chi connectivity index (χ1) is 7.22. The van der Waals surface area contributed by atoms with E-state index in [1.807, 2.05) is 18.3 Å². The van der Waals surface area contributed by atoms with Crippen LogP contribution in [0, 0.1) is 0 Å². The second kappa shape index (κ2) is 6.17. The molecule has 0 saturated carbocycles. The van der Waals surface area contributed by atoms with Crippen molar-refractivity contribution in [3.63, 3.8) is 0 Å². The van der Waals surface area contributed by atoms with Gasteiger partial charge in [0.05, 0.1) is 6.42 Å². The number of aliphatic carboxylic acids is 1. The number of aryl methyl sites for hydroxylation is 2. The molecule has 0 aliphatic heterocycles. The maximum absolute atomic E-state index is 10.4. The number of nitrogens with zero attached hydrogens (tertiary/aromatic N) is 1. The van der Waals surface area contributed by atoms with E-state index < -0.39 is 5.97 Å². The molecule has 1 N–H and O–H groups in total. The largest absolute Gasteiger partial charge is 0.481 e. The Morgan fingerprint density at radius 1 is 1.40 bits per heavy atom. The van der Waals surface area contributed by atoms with Crippen LogP contribution in [0.25, 0.3) is 0 Å². The molecule has 0 amide bonds. The Hall–Kier alpha value is -1.38. The number of aromatic nitrogens is 1. The molecule has 0 bridgehead atoms. The molecule has 3 heteroatoms. The van der Waals surface area contributed by atoms with Gasteiger partial charge in [-0.05, 0) is 24.5 Å². The lowest BCUT2D eigenvalue weighted by molar-refractivity contribution is -0.136. The Kier molecular flexibility index (Phi) is 4.81. The summed E-state index contributed by atoms with van der Waals surface area (Å²) in [5.41, 5.74) is 2.09. The van der Waals surface area contributed by atoms with Crippen molar-refractivity contribution < 1.29 is 9.90 Å². The van der Waals surface area contributed by atoms with E-state index in [1.165, 1.54) is 18.4 Å². The second-order valence-corrected chi connectivity index (χ2v) is 3.66. The predicted octanol–water partition coefficient (Wildman–Crippen LogP) is 2.44. The zero-order valence-corrected chi connectivity index (χ0v) is 9.07. The first-order valence-electron chi connectivity index (χ1n) is 5.38. The zero-order valence-electron chi connectivity index (χ0n) is 9.07. The van der Waals surface area contributed by atoms with Gasteiger partial charge in [-0.25, -0.2) is 0 Å². The second-order valence-electron chi connectivity index (χ2n) is 3.66. The minimum absolute atomic E-state index is 0.154. The van der Waals surface area contributed by atoms with Crippen molar-refractivity contribution in [1.82, 2.24) is 4.98 Å². The zero-order chi connectivity index (χ0) is 11.1. The average Bonchev–Trinajstić information content (AvgIpc) is 2.25. The molecular weight excluding hydrogens is 190 g/mol. The molecule has 0 spiro atoms. The van der Waals surface area contributed by atoms with E-state index in [1.54, 1.807) is 0 Å². The van der Waals surface area contributed by atoms with Crippen LogP contribution in [0.3, 0.4) is 0 Å². The van der Waals surface area contributed by atoms with E-state index >= 15 is 0 Å². The molecule has 1 aromatic rings. The first kappa shape index (κ1) is 11.7. The summed E-state index contributed by atoms with van der Waals surface area (Å²) in [5.74, 6) is -0.771. The van der Waals surface area contributed by atoms with Gasteiger partial charge in [0, 0.05) is 18.3 Å². The molecule has 1 aromatic heterocycles. The molecular formula is C12H17NO2. The maximum Gasteiger partial charge on any atom is 0.303 e. The summed E-state index contributed by atoms with van der Waals surface area (Å²) in [5, 5.41) is 8.52. The van der Waals surface area contributed by atoms with Gasteiger partial charge in [0.15, 0.2) is 0 Å². The van der Waals surface area contributed by atoms with Gasteiger partial charge < -0.3 is 5.11 Å². The number of carbonyl (C=O) groups is 1. The quantitative estimate of drug-likeness (QED) is 0.779. The standard InChI is InChI=1S/C12H17NO2/c1-2-3-4-10-5-6-11(13-9-10)7-8-12(14)15/h5-6,9H,2-4,7-8H2,1H3,(H,14,15). The van der Waals surface area contributed by atoms with Crippen molar-refractivity contribution >= 4 is 5.97 Å². The van der Waals surface area contributed by atoms with Gasteiger partial charge in [0.25, 0.3) is 0 Å². The van der Waals surface area contributed by atoms with Gasteiger partial charge in [-0.2, -0.15) is 0 Å². The fourth-order valence-electron chi connectivity index (χ4n) is 1.37. The number of pyridine rings is 1. The molecule has 0 unspecified atom stereocenters. The minimum Gasteiger partial charge on any atom is -0.481 e. The van der Waals surface area contributed by atoms with Gasteiger partial charge in [-0.15, -0.1) is 0 Å². The number of carboxylic acids is 1. The number of unbranched alkanes of at least 4 members (excludes halogenated alkanes) is 1. The van der Waals surface area contributed by atoms with Crippen LogP contribution < -0.4 is 0 Å².